The number of guanidine groups is 1. The lowest BCUT2D eigenvalue weighted by molar-refractivity contribution is 0.196. The predicted molar refractivity (Wildman–Crippen MR) is 115 cm³/mol. The van der Waals surface area contributed by atoms with E-state index in [0.29, 0.717) is 24.5 Å². The summed E-state index contributed by atoms with van der Waals surface area (Å²) in [4.78, 5) is 7.00. The van der Waals surface area contributed by atoms with E-state index in [1.807, 2.05) is 24.3 Å². The summed E-state index contributed by atoms with van der Waals surface area (Å²) in [7, 11) is 1.65. The smallest absolute Gasteiger partial charge is 0.193 e. The van der Waals surface area contributed by atoms with Gasteiger partial charge in [0.05, 0.1) is 19.3 Å². The van der Waals surface area contributed by atoms with Gasteiger partial charge in [-0.1, -0.05) is 39.8 Å². The van der Waals surface area contributed by atoms with Gasteiger partial charge < -0.3 is 15.8 Å². The Morgan fingerprint density at radius 3 is 2.42 bits per heavy atom. The Kier molecular flexibility index (Phi) is 11.8. The van der Waals surface area contributed by atoms with Crippen LogP contribution in [0, 0.1) is 5.92 Å². The molecule has 1 unspecified atom stereocenters. The first-order valence-corrected chi connectivity index (χ1v) is 8.45. The van der Waals surface area contributed by atoms with Gasteiger partial charge in [0.2, 0.25) is 0 Å². The minimum atomic E-state index is 0. The molecule has 0 aliphatic rings. The molecule has 0 amide bonds. The second-order valence-electron chi connectivity index (χ2n) is 6.06. The number of hydrogen-bond donors (Lipinski definition) is 2. The SMILES string of the molecule is CCN(CC)C(CN=C(N)Nc1ccccc1OC)CC(C)C.I. The van der Waals surface area contributed by atoms with Crippen LogP contribution in [-0.4, -0.2) is 43.6 Å². The number of nitrogens with one attached hydrogen (secondary N) is 1. The topological polar surface area (TPSA) is 62.9 Å². The molecule has 0 saturated carbocycles. The van der Waals surface area contributed by atoms with Crippen LogP contribution in [0.25, 0.3) is 0 Å². The minimum absolute atomic E-state index is 0. The second kappa shape index (κ2) is 12.4. The molecule has 0 aliphatic heterocycles. The monoisotopic (exact) mass is 448 g/mol. The summed E-state index contributed by atoms with van der Waals surface area (Å²) in [5, 5.41) is 3.13. The molecule has 1 atom stereocenters. The van der Waals surface area contributed by atoms with Crippen LogP contribution in [0.4, 0.5) is 5.69 Å². The van der Waals surface area contributed by atoms with Gasteiger partial charge in [-0.2, -0.15) is 0 Å². The number of hydrogen-bond acceptors (Lipinski definition) is 3. The Labute approximate surface area is 164 Å². The maximum atomic E-state index is 6.06. The van der Waals surface area contributed by atoms with E-state index in [1.165, 1.54) is 0 Å². The number of methoxy groups -OCH3 is 1. The highest BCUT2D eigenvalue weighted by Crippen LogP contribution is 2.22. The summed E-state index contributed by atoms with van der Waals surface area (Å²) >= 11 is 0. The van der Waals surface area contributed by atoms with E-state index >= 15 is 0 Å². The van der Waals surface area contributed by atoms with Crippen LogP contribution in [0.1, 0.15) is 34.1 Å². The Bertz CT molecular complexity index is 490. The fraction of sp³-hybridized carbons (Fsp3) is 0.611. The van der Waals surface area contributed by atoms with Crippen molar-refractivity contribution >= 4 is 35.6 Å². The van der Waals surface area contributed by atoms with Crippen LogP contribution < -0.4 is 15.8 Å². The molecule has 0 saturated heterocycles. The molecule has 1 rings (SSSR count). The van der Waals surface area contributed by atoms with Gasteiger partial charge in [-0.15, -0.1) is 24.0 Å². The predicted octanol–water partition coefficient (Wildman–Crippen LogP) is 3.80. The van der Waals surface area contributed by atoms with Crippen molar-refractivity contribution < 1.29 is 4.74 Å². The van der Waals surface area contributed by atoms with Crippen molar-refractivity contribution in [2.75, 3.05) is 32.1 Å². The van der Waals surface area contributed by atoms with Crippen LogP contribution in [0.5, 0.6) is 5.75 Å². The van der Waals surface area contributed by atoms with Gasteiger partial charge in [-0.25, -0.2) is 0 Å². The lowest BCUT2D eigenvalue weighted by Crippen LogP contribution is -2.39. The molecule has 0 aromatic heterocycles. The first-order chi connectivity index (χ1) is 11.0. The molecule has 1 aromatic carbocycles. The van der Waals surface area contributed by atoms with Crippen molar-refractivity contribution in [1.29, 1.82) is 0 Å². The standard InChI is InChI=1S/C18H32N4O.HI/c1-6-22(7-2)15(12-14(3)4)13-20-18(19)21-16-10-8-9-11-17(16)23-5;/h8-11,14-15H,6-7,12-13H2,1-5H3,(H3,19,20,21);1H. The van der Waals surface area contributed by atoms with E-state index in [0.717, 1.165) is 30.9 Å². The zero-order valence-electron chi connectivity index (χ0n) is 15.6. The quantitative estimate of drug-likeness (QED) is 0.343. The molecule has 0 spiro atoms. The summed E-state index contributed by atoms with van der Waals surface area (Å²) in [6.45, 7) is 11.6. The lowest BCUT2D eigenvalue weighted by atomic mass is 10.0. The van der Waals surface area contributed by atoms with Gasteiger partial charge in [-0.05, 0) is 37.6 Å². The summed E-state index contributed by atoms with van der Waals surface area (Å²) in [6.07, 6.45) is 1.12. The van der Waals surface area contributed by atoms with E-state index in [-0.39, 0.29) is 24.0 Å². The minimum Gasteiger partial charge on any atom is -0.495 e. The van der Waals surface area contributed by atoms with Crippen molar-refractivity contribution in [3.63, 3.8) is 0 Å². The number of benzene rings is 1. The van der Waals surface area contributed by atoms with Crippen molar-refractivity contribution in [2.24, 2.45) is 16.6 Å². The molecule has 24 heavy (non-hydrogen) atoms. The number of nitrogens with two attached hydrogens (primary N) is 1. The molecule has 3 N–H and O–H groups in total. The average molecular weight is 448 g/mol. The van der Waals surface area contributed by atoms with Crippen molar-refractivity contribution in [2.45, 2.75) is 40.2 Å². The molecule has 0 aliphatic carbocycles. The van der Waals surface area contributed by atoms with E-state index in [4.69, 9.17) is 10.5 Å². The molecule has 0 radical (unpaired) electrons. The van der Waals surface area contributed by atoms with Crippen LogP contribution >= 0.6 is 24.0 Å². The molecule has 6 heteroatoms. The van der Waals surface area contributed by atoms with Gasteiger partial charge in [0.15, 0.2) is 5.96 Å². The molecule has 0 heterocycles. The highest BCUT2D eigenvalue weighted by molar-refractivity contribution is 14.0. The normalized spacial score (nSPS) is 12.9. The van der Waals surface area contributed by atoms with Gasteiger partial charge in [0, 0.05) is 6.04 Å². The zero-order valence-corrected chi connectivity index (χ0v) is 17.9. The van der Waals surface area contributed by atoms with Crippen molar-refractivity contribution in [1.82, 2.24) is 4.90 Å². The first kappa shape index (κ1) is 23.0. The van der Waals surface area contributed by atoms with E-state index in [1.54, 1.807) is 7.11 Å². The highest BCUT2D eigenvalue weighted by atomic mass is 127. The number of nitrogens with zero attached hydrogens (tertiary/aromatic N) is 2. The van der Waals surface area contributed by atoms with Crippen LogP contribution in [-0.2, 0) is 0 Å². The Morgan fingerprint density at radius 2 is 1.88 bits per heavy atom. The molecule has 138 valence electrons. The third-order valence-electron chi connectivity index (χ3n) is 3.91. The van der Waals surface area contributed by atoms with Gasteiger partial charge in [-0.3, -0.25) is 9.89 Å². The number of halogens is 1. The summed E-state index contributed by atoms with van der Waals surface area (Å²) < 4.78 is 5.32. The maximum absolute atomic E-state index is 6.06. The van der Waals surface area contributed by atoms with Gasteiger partial charge >= 0.3 is 0 Å². The maximum Gasteiger partial charge on any atom is 0.193 e. The molecule has 0 fully saturated rings. The Balaban J connectivity index is 0.00000529. The molecular weight excluding hydrogens is 415 g/mol. The number of aliphatic imine (C=N–C) groups is 1. The number of rotatable bonds is 9. The van der Waals surface area contributed by atoms with E-state index in [2.05, 4.69) is 42.9 Å². The molecule has 5 nitrogen and oxygen atoms in total. The highest BCUT2D eigenvalue weighted by Gasteiger charge is 2.16. The summed E-state index contributed by atoms with van der Waals surface area (Å²) in [5.74, 6) is 1.82. The summed E-state index contributed by atoms with van der Waals surface area (Å²) in [5.41, 5.74) is 6.89. The van der Waals surface area contributed by atoms with Crippen LogP contribution in [0.2, 0.25) is 0 Å². The molecule has 1 aromatic rings. The zero-order chi connectivity index (χ0) is 17.2. The number of ether oxygens (including phenoxy) is 1. The molecular formula is C18H33IN4O. The lowest BCUT2D eigenvalue weighted by Gasteiger charge is -2.29. The fourth-order valence-electron chi connectivity index (χ4n) is 2.75. The second-order valence-corrected chi connectivity index (χ2v) is 6.06. The fourth-order valence-corrected chi connectivity index (χ4v) is 2.75. The first-order valence-electron chi connectivity index (χ1n) is 8.45. The van der Waals surface area contributed by atoms with Gasteiger partial charge in [0.25, 0.3) is 0 Å². The van der Waals surface area contributed by atoms with Crippen molar-refractivity contribution in [3.05, 3.63) is 24.3 Å². The van der Waals surface area contributed by atoms with Crippen LogP contribution in [0.3, 0.4) is 0 Å². The van der Waals surface area contributed by atoms with E-state index in [9.17, 15) is 0 Å². The number of likely N-dealkylation sites (N-methyl/N-ethyl adjacent to an activating group) is 1. The van der Waals surface area contributed by atoms with Gasteiger partial charge in [0.1, 0.15) is 5.75 Å². The third-order valence-corrected chi connectivity index (χ3v) is 3.91. The Hall–Kier alpha value is -1.02. The summed E-state index contributed by atoms with van der Waals surface area (Å²) in [6, 6.07) is 8.11. The molecule has 0 bridgehead atoms. The number of para-hydroxylation sites is 2. The average Bonchev–Trinajstić information content (AvgIpc) is 2.53. The largest absolute Gasteiger partial charge is 0.495 e. The van der Waals surface area contributed by atoms with Crippen LogP contribution in [0.15, 0.2) is 29.3 Å². The third kappa shape index (κ3) is 7.70. The van der Waals surface area contributed by atoms with Crippen molar-refractivity contribution in [3.8, 4) is 5.75 Å². The van der Waals surface area contributed by atoms with E-state index < -0.39 is 0 Å². The Morgan fingerprint density at radius 1 is 1.25 bits per heavy atom. The number of anilines is 1.